The van der Waals surface area contributed by atoms with Crippen LogP contribution in [-0.2, 0) is 23.9 Å². The molecule has 1 aliphatic heterocycles. The molecule has 0 spiro atoms. The fourth-order valence-corrected chi connectivity index (χ4v) is 3.61. The molecule has 0 aromatic heterocycles. The second-order valence-corrected chi connectivity index (χ2v) is 7.08. The highest BCUT2D eigenvalue weighted by atomic mass is 35.5. The number of hydrogen-bond donors (Lipinski definition) is 1. The van der Waals surface area contributed by atoms with E-state index >= 15 is 0 Å². The monoisotopic (exact) mass is 422 g/mol. The van der Waals surface area contributed by atoms with Crippen molar-refractivity contribution in [1.29, 1.82) is 0 Å². The molecule has 8 heteroatoms. The van der Waals surface area contributed by atoms with Crippen LogP contribution in [0.5, 0.6) is 0 Å². The van der Waals surface area contributed by atoms with Crippen molar-refractivity contribution in [1.82, 2.24) is 10.2 Å². The third-order valence-corrected chi connectivity index (χ3v) is 5.09. The molecule has 2 amide bonds. The summed E-state index contributed by atoms with van der Waals surface area (Å²) >= 11 is 6.33. The molecule has 158 valence electrons. The van der Waals surface area contributed by atoms with Gasteiger partial charge in [0, 0.05) is 43.3 Å². The van der Waals surface area contributed by atoms with Crippen molar-refractivity contribution >= 4 is 29.4 Å². The maximum Gasteiger partial charge on any atom is 0.336 e. The third-order valence-electron chi connectivity index (χ3n) is 4.75. The lowest BCUT2D eigenvalue weighted by Crippen LogP contribution is -2.44. The van der Waals surface area contributed by atoms with Gasteiger partial charge in [0.05, 0.1) is 12.2 Å². The molecule has 1 aromatic rings. The first kappa shape index (κ1) is 22.9. The van der Waals surface area contributed by atoms with Crippen molar-refractivity contribution < 1.29 is 23.9 Å². The Kier molecular flexibility index (Phi) is 8.67. The van der Waals surface area contributed by atoms with E-state index < -0.39 is 11.9 Å². The van der Waals surface area contributed by atoms with E-state index in [4.69, 9.17) is 21.1 Å². The lowest BCUT2D eigenvalue weighted by Gasteiger charge is -2.34. The van der Waals surface area contributed by atoms with Crippen LogP contribution in [-0.4, -0.2) is 56.1 Å². The molecule has 0 bridgehead atoms. The Hall–Kier alpha value is -2.38. The van der Waals surface area contributed by atoms with Gasteiger partial charge in [-0.05, 0) is 31.9 Å². The lowest BCUT2D eigenvalue weighted by atomic mass is 9.83. The maximum absolute atomic E-state index is 12.8. The van der Waals surface area contributed by atoms with Gasteiger partial charge in [-0.2, -0.15) is 0 Å². The number of rotatable bonds is 9. The summed E-state index contributed by atoms with van der Waals surface area (Å²) in [6.07, 6.45) is 0.708. The van der Waals surface area contributed by atoms with Gasteiger partial charge in [0.1, 0.15) is 6.54 Å². The van der Waals surface area contributed by atoms with E-state index in [1.165, 1.54) is 4.90 Å². The topological polar surface area (TPSA) is 84.9 Å². The molecular formula is C21H27ClN2O5. The maximum atomic E-state index is 12.8. The number of carbonyl (C=O) groups is 3. The number of methoxy groups -OCH3 is 1. The number of esters is 1. The number of benzene rings is 1. The van der Waals surface area contributed by atoms with E-state index in [-0.39, 0.29) is 31.4 Å². The summed E-state index contributed by atoms with van der Waals surface area (Å²) in [5.74, 6) is -1.56. The third kappa shape index (κ3) is 5.81. The first-order valence-electron chi connectivity index (χ1n) is 9.59. The highest BCUT2D eigenvalue weighted by Crippen LogP contribution is 2.39. The summed E-state index contributed by atoms with van der Waals surface area (Å²) in [6.45, 7) is 4.41. The van der Waals surface area contributed by atoms with Gasteiger partial charge in [-0.15, -0.1) is 0 Å². The smallest absolute Gasteiger partial charge is 0.336 e. The Morgan fingerprint density at radius 1 is 1.31 bits per heavy atom. The number of allylic oxidation sites excluding steroid dienone is 1. The molecule has 0 saturated heterocycles. The van der Waals surface area contributed by atoms with Gasteiger partial charge >= 0.3 is 5.97 Å². The highest BCUT2D eigenvalue weighted by Gasteiger charge is 2.38. The molecular weight excluding hydrogens is 396 g/mol. The van der Waals surface area contributed by atoms with Gasteiger partial charge in [-0.25, -0.2) is 4.79 Å². The van der Waals surface area contributed by atoms with E-state index in [0.29, 0.717) is 41.4 Å². The number of amides is 2. The molecule has 0 saturated carbocycles. The van der Waals surface area contributed by atoms with Crippen LogP contribution in [0.3, 0.4) is 0 Å². The minimum atomic E-state index is -0.517. The quantitative estimate of drug-likeness (QED) is 0.488. The molecule has 1 heterocycles. The fraction of sp³-hybridized carbons (Fsp3) is 0.476. The van der Waals surface area contributed by atoms with Crippen molar-refractivity contribution in [2.75, 3.05) is 33.4 Å². The van der Waals surface area contributed by atoms with Gasteiger partial charge in [0.25, 0.3) is 0 Å². The number of ether oxygens (including phenoxy) is 2. The molecule has 1 aromatic carbocycles. The summed E-state index contributed by atoms with van der Waals surface area (Å²) in [7, 11) is 1.59. The van der Waals surface area contributed by atoms with Crippen molar-refractivity contribution in [2.45, 2.75) is 32.6 Å². The molecule has 7 nitrogen and oxygen atoms in total. The van der Waals surface area contributed by atoms with Gasteiger partial charge in [0.15, 0.2) is 0 Å². The standard InChI is InChI=1S/C21H27ClN2O5/c1-4-29-21(27)20-14(2)24(13-18(25)23-10-7-11-28-3)19(26)12-16(20)15-8-5-6-9-17(15)22/h5-6,8-9,16H,4,7,10-13H2,1-3H3,(H,23,25). The van der Waals surface area contributed by atoms with E-state index in [2.05, 4.69) is 5.32 Å². The molecule has 1 atom stereocenters. The largest absolute Gasteiger partial charge is 0.463 e. The average molecular weight is 423 g/mol. The first-order chi connectivity index (χ1) is 13.9. The van der Waals surface area contributed by atoms with E-state index in [0.717, 1.165) is 0 Å². The summed E-state index contributed by atoms with van der Waals surface area (Å²) < 4.78 is 10.2. The zero-order chi connectivity index (χ0) is 21.4. The van der Waals surface area contributed by atoms with Crippen LogP contribution in [0.15, 0.2) is 35.5 Å². The van der Waals surface area contributed by atoms with Crippen LogP contribution in [0, 0.1) is 0 Å². The van der Waals surface area contributed by atoms with Crippen LogP contribution in [0.4, 0.5) is 0 Å². The minimum Gasteiger partial charge on any atom is -0.463 e. The normalized spacial score (nSPS) is 16.8. The number of nitrogens with zero attached hydrogens (tertiary/aromatic N) is 1. The van der Waals surface area contributed by atoms with E-state index in [9.17, 15) is 14.4 Å². The van der Waals surface area contributed by atoms with Gasteiger partial charge in [-0.1, -0.05) is 29.8 Å². The Morgan fingerprint density at radius 3 is 2.69 bits per heavy atom. The van der Waals surface area contributed by atoms with Crippen molar-refractivity contribution in [3.8, 4) is 0 Å². The molecule has 1 aliphatic rings. The van der Waals surface area contributed by atoms with Crippen LogP contribution in [0.2, 0.25) is 5.02 Å². The highest BCUT2D eigenvalue weighted by molar-refractivity contribution is 6.31. The second-order valence-electron chi connectivity index (χ2n) is 6.67. The molecule has 0 fully saturated rings. The first-order valence-corrected chi connectivity index (χ1v) is 9.96. The fourth-order valence-electron chi connectivity index (χ4n) is 3.34. The summed E-state index contributed by atoms with van der Waals surface area (Å²) in [5, 5.41) is 3.23. The summed E-state index contributed by atoms with van der Waals surface area (Å²) in [4.78, 5) is 39.2. The van der Waals surface area contributed by atoms with Crippen LogP contribution in [0.25, 0.3) is 0 Å². The predicted octanol–water partition coefficient (Wildman–Crippen LogP) is 2.65. The molecule has 29 heavy (non-hydrogen) atoms. The second kappa shape index (κ2) is 11.0. The van der Waals surface area contributed by atoms with E-state index in [1.54, 1.807) is 39.2 Å². The molecule has 1 N–H and O–H groups in total. The molecule has 0 aliphatic carbocycles. The lowest BCUT2D eigenvalue weighted by molar-refractivity contribution is -0.141. The van der Waals surface area contributed by atoms with Crippen molar-refractivity contribution in [3.63, 3.8) is 0 Å². The predicted molar refractivity (Wildman–Crippen MR) is 109 cm³/mol. The summed E-state index contributed by atoms with van der Waals surface area (Å²) in [5.41, 5.74) is 1.46. The number of hydrogen-bond acceptors (Lipinski definition) is 5. The number of carbonyl (C=O) groups excluding carboxylic acids is 3. The summed E-state index contributed by atoms with van der Waals surface area (Å²) in [6, 6.07) is 7.12. The van der Waals surface area contributed by atoms with Crippen molar-refractivity contribution in [3.05, 3.63) is 46.1 Å². The van der Waals surface area contributed by atoms with Crippen LogP contribution < -0.4 is 5.32 Å². The molecule has 1 unspecified atom stereocenters. The van der Waals surface area contributed by atoms with E-state index in [1.807, 2.05) is 6.07 Å². The van der Waals surface area contributed by atoms with Gasteiger partial charge in [0.2, 0.25) is 11.8 Å². The number of halogens is 1. The molecule has 0 radical (unpaired) electrons. The van der Waals surface area contributed by atoms with Crippen LogP contribution in [0.1, 0.15) is 38.2 Å². The van der Waals surface area contributed by atoms with Gasteiger partial charge < -0.3 is 19.7 Å². The SMILES string of the molecule is CCOC(=O)C1=C(C)N(CC(=O)NCCCOC)C(=O)CC1c1ccccc1Cl. The Balaban J connectivity index is 2.30. The van der Waals surface area contributed by atoms with Crippen molar-refractivity contribution in [2.24, 2.45) is 0 Å². The Labute approximate surface area is 176 Å². The zero-order valence-corrected chi connectivity index (χ0v) is 17.8. The van der Waals surface area contributed by atoms with Crippen LogP contribution >= 0.6 is 11.6 Å². The minimum absolute atomic E-state index is 0.0339. The zero-order valence-electron chi connectivity index (χ0n) is 17.0. The Morgan fingerprint density at radius 2 is 2.03 bits per heavy atom. The van der Waals surface area contributed by atoms with Gasteiger partial charge in [-0.3, -0.25) is 9.59 Å². The molecule has 2 rings (SSSR count). The number of nitrogens with one attached hydrogen (secondary N) is 1. The Bertz CT molecular complexity index is 793. The average Bonchev–Trinajstić information content (AvgIpc) is 2.68.